The smallest absolute Gasteiger partial charge is 0.0278 e. The van der Waals surface area contributed by atoms with Gasteiger partial charge < -0.3 is 5.32 Å². The Morgan fingerprint density at radius 2 is 2.09 bits per heavy atom. The molecule has 0 bridgehead atoms. The molecule has 62 valence electrons. The SMILES string of the molecule is C=CC(NC)C1C2CCCC21. The molecule has 2 saturated carbocycles. The summed E-state index contributed by atoms with van der Waals surface area (Å²) in [5.41, 5.74) is 0. The molecule has 0 spiro atoms. The Balaban J connectivity index is 1.93. The molecular weight excluding hydrogens is 134 g/mol. The predicted octanol–water partition coefficient (Wildman–Crippen LogP) is 1.81. The Bertz CT molecular complexity index is 154. The van der Waals surface area contributed by atoms with Crippen molar-refractivity contribution in [1.29, 1.82) is 0 Å². The molecule has 11 heavy (non-hydrogen) atoms. The van der Waals surface area contributed by atoms with Crippen LogP contribution in [0, 0.1) is 17.8 Å². The monoisotopic (exact) mass is 151 g/mol. The molecule has 1 heteroatoms. The van der Waals surface area contributed by atoms with Crippen molar-refractivity contribution in [3.8, 4) is 0 Å². The second-order valence-electron chi connectivity index (χ2n) is 3.89. The molecule has 0 amide bonds. The Morgan fingerprint density at radius 1 is 1.45 bits per heavy atom. The maximum absolute atomic E-state index is 3.86. The zero-order valence-electron chi connectivity index (χ0n) is 7.22. The van der Waals surface area contributed by atoms with Gasteiger partial charge in [0.1, 0.15) is 0 Å². The van der Waals surface area contributed by atoms with E-state index in [9.17, 15) is 0 Å². The van der Waals surface area contributed by atoms with Gasteiger partial charge in [0, 0.05) is 6.04 Å². The molecule has 2 rings (SSSR count). The fourth-order valence-corrected chi connectivity index (χ4v) is 2.88. The van der Waals surface area contributed by atoms with Gasteiger partial charge in [-0.25, -0.2) is 0 Å². The van der Waals surface area contributed by atoms with E-state index in [-0.39, 0.29) is 0 Å². The van der Waals surface area contributed by atoms with Crippen LogP contribution in [0.3, 0.4) is 0 Å². The van der Waals surface area contributed by atoms with Gasteiger partial charge in [-0.3, -0.25) is 0 Å². The lowest BCUT2D eigenvalue weighted by Crippen LogP contribution is -2.26. The van der Waals surface area contributed by atoms with Crippen LogP contribution in [0.2, 0.25) is 0 Å². The molecular formula is C10H17N. The number of rotatable bonds is 3. The average Bonchev–Trinajstić information content (AvgIpc) is 2.54. The van der Waals surface area contributed by atoms with E-state index in [1.54, 1.807) is 0 Å². The van der Waals surface area contributed by atoms with E-state index >= 15 is 0 Å². The highest BCUT2D eigenvalue weighted by Crippen LogP contribution is 2.58. The lowest BCUT2D eigenvalue weighted by Gasteiger charge is -2.12. The summed E-state index contributed by atoms with van der Waals surface area (Å²) in [4.78, 5) is 0. The summed E-state index contributed by atoms with van der Waals surface area (Å²) in [5, 5.41) is 3.32. The van der Waals surface area contributed by atoms with Crippen LogP contribution in [0.4, 0.5) is 0 Å². The minimum Gasteiger partial charge on any atom is -0.313 e. The summed E-state index contributed by atoms with van der Waals surface area (Å²) >= 11 is 0. The van der Waals surface area contributed by atoms with E-state index in [2.05, 4.69) is 18.0 Å². The highest BCUT2D eigenvalue weighted by atomic mass is 14.9. The molecule has 0 aromatic carbocycles. The zero-order chi connectivity index (χ0) is 7.84. The summed E-state index contributed by atoms with van der Waals surface area (Å²) in [7, 11) is 2.04. The first-order valence-electron chi connectivity index (χ1n) is 4.68. The number of likely N-dealkylation sites (N-methyl/N-ethyl adjacent to an activating group) is 1. The third-order valence-corrected chi connectivity index (χ3v) is 3.47. The maximum Gasteiger partial charge on any atom is 0.0278 e. The van der Waals surface area contributed by atoms with Crippen LogP contribution in [0.15, 0.2) is 12.7 Å². The molecule has 3 unspecified atom stereocenters. The second-order valence-corrected chi connectivity index (χ2v) is 3.89. The highest BCUT2D eigenvalue weighted by molar-refractivity contribution is 5.10. The fourth-order valence-electron chi connectivity index (χ4n) is 2.88. The number of hydrogen-bond acceptors (Lipinski definition) is 1. The van der Waals surface area contributed by atoms with E-state index in [0.717, 1.165) is 17.8 Å². The molecule has 0 aromatic heterocycles. The van der Waals surface area contributed by atoms with Crippen molar-refractivity contribution in [1.82, 2.24) is 5.32 Å². The number of nitrogens with one attached hydrogen (secondary N) is 1. The first-order chi connectivity index (χ1) is 5.38. The van der Waals surface area contributed by atoms with E-state index in [4.69, 9.17) is 0 Å². The minimum atomic E-state index is 0.588. The van der Waals surface area contributed by atoms with Crippen LogP contribution >= 0.6 is 0 Å². The molecule has 1 nitrogen and oxygen atoms in total. The van der Waals surface area contributed by atoms with Gasteiger partial charge >= 0.3 is 0 Å². The van der Waals surface area contributed by atoms with Gasteiger partial charge in [0.2, 0.25) is 0 Å². The van der Waals surface area contributed by atoms with Crippen LogP contribution < -0.4 is 5.32 Å². The van der Waals surface area contributed by atoms with E-state index in [1.165, 1.54) is 19.3 Å². The van der Waals surface area contributed by atoms with E-state index < -0.39 is 0 Å². The van der Waals surface area contributed by atoms with Crippen LogP contribution in [0.25, 0.3) is 0 Å². The van der Waals surface area contributed by atoms with Crippen LogP contribution in [-0.2, 0) is 0 Å². The molecule has 0 aromatic rings. The normalized spacial score (nSPS) is 43.2. The largest absolute Gasteiger partial charge is 0.313 e. The maximum atomic E-state index is 3.86. The van der Waals surface area contributed by atoms with Crippen LogP contribution in [0.1, 0.15) is 19.3 Å². The Morgan fingerprint density at radius 3 is 2.55 bits per heavy atom. The van der Waals surface area contributed by atoms with Crippen molar-refractivity contribution in [3.63, 3.8) is 0 Å². The van der Waals surface area contributed by atoms with Gasteiger partial charge in [0.15, 0.2) is 0 Å². The first kappa shape index (κ1) is 7.35. The van der Waals surface area contributed by atoms with Crippen LogP contribution in [0.5, 0.6) is 0 Å². The molecule has 0 heterocycles. The molecule has 2 aliphatic rings. The average molecular weight is 151 g/mol. The van der Waals surface area contributed by atoms with E-state index in [0.29, 0.717) is 6.04 Å². The van der Waals surface area contributed by atoms with Crippen molar-refractivity contribution < 1.29 is 0 Å². The zero-order valence-corrected chi connectivity index (χ0v) is 7.22. The topological polar surface area (TPSA) is 12.0 Å². The fraction of sp³-hybridized carbons (Fsp3) is 0.800. The molecule has 0 saturated heterocycles. The molecule has 3 atom stereocenters. The molecule has 1 N–H and O–H groups in total. The minimum absolute atomic E-state index is 0.588. The van der Waals surface area contributed by atoms with Crippen molar-refractivity contribution >= 4 is 0 Å². The van der Waals surface area contributed by atoms with E-state index in [1.807, 2.05) is 7.05 Å². The van der Waals surface area contributed by atoms with Gasteiger partial charge in [-0.2, -0.15) is 0 Å². The van der Waals surface area contributed by atoms with Gasteiger partial charge in [0.25, 0.3) is 0 Å². The van der Waals surface area contributed by atoms with Gasteiger partial charge in [-0.1, -0.05) is 12.5 Å². The number of fused-ring (bicyclic) bond motifs is 1. The lowest BCUT2D eigenvalue weighted by molar-refractivity contribution is 0.492. The third kappa shape index (κ3) is 1.02. The third-order valence-electron chi connectivity index (χ3n) is 3.47. The van der Waals surface area contributed by atoms with Crippen molar-refractivity contribution in [2.75, 3.05) is 7.05 Å². The summed E-state index contributed by atoms with van der Waals surface area (Å²) in [6.07, 6.45) is 6.49. The van der Waals surface area contributed by atoms with Crippen LogP contribution in [-0.4, -0.2) is 13.1 Å². The quantitative estimate of drug-likeness (QED) is 0.606. The standard InChI is InChI=1S/C10H17N/c1-3-9(11-2)10-7-5-4-6-8(7)10/h3,7-11H,1,4-6H2,2H3. The highest BCUT2D eigenvalue weighted by Gasteiger charge is 2.54. The molecule has 0 aliphatic heterocycles. The van der Waals surface area contributed by atoms with Gasteiger partial charge in [-0.05, 0) is 37.6 Å². The van der Waals surface area contributed by atoms with Gasteiger partial charge in [0.05, 0.1) is 0 Å². The summed E-state index contributed by atoms with van der Waals surface area (Å²) in [6, 6.07) is 0.588. The summed E-state index contributed by atoms with van der Waals surface area (Å²) in [6.45, 7) is 3.86. The predicted molar refractivity (Wildman–Crippen MR) is 47.4 cm³/mol. The lowest BCUT2D eigenvalue weighted by atomic mass is 10.0. The molecule has 2 fully saturated rings. The second kappa shape index (κ2) is 2.63. The van der Waals surface area contributed by atoms with Gasteiger partial charge in [-0.15, -0.1) is 6.58 Å². The molecule has 2 aliphatic carbocycles. The summed E-state index contributed by atoms with van der Waals surface area (Å²) < 4.78 is 0. The Hall–Kier alpha value is -0.300. The number of hydrogen-bond donors (Lipinski definition) is 1. The van der Waals surface area contributed by atoms with Crippen molar-refractivity contribution in [3.05, 3.63) is 12.7 Å². The Labute approximate surface area is 68.9 Å². The summed E-state index contributed by atoms with van der Waals surface area (Å²) in [5.74, 6) is 3.03. The first-order valence-corrected chi connectivity index (χ1v) is 4.68. The van der Waals surface area contributed by atoms with Crippen molar-refractivity contribution in [2.24, 2.45) is 17.8 Å². The van der Waals surface area contributed by atoms with Crippen molar-refractivity contribution in [2.45, 2.75) is 25.3 Å². The Kier molecular flexibility index (Phi) is 1.76. The molecule has 0 radical (unpaired) electrons.